The fourth-order valence-electron chi connectivity index (χ4n) is 2.21. The minimum atomic E-state index is -0.844. The highest BCUT2D eigenvalue weighted by atomic mass is 35.5. The summed E-state index contributed by atoms with van der Waals surface area (Å²) in [5.41, 5.74) is 1.81. The molecule has 0 unspecified atom stereocenters. The zero-order chi connectivity index (χ0) is 14.1. The average Bonchev–Trinajstić information content (AvgIpc) is 3.25. The summed E-state index contributed by atoms with van der Waals surface area (Å²) in [6, 6.07) is 10.1. The Hall–Kier alpha value is -1.45. The second kappa shape index (κ2) is 5.51. The molecule has 0 bridgehead atoms. The summed E-state index contributed by atoms with van der Waals surface area (Å²) in [5.74, 6) is -1.67. The van der Waals surface area contributed by atoms with E-state index in [9.17, 15) is 8.78 Å². The zero-order valence-electron chi connectivity index (χ0n) is 10.8. The van der Waals surface area contributed by atoms with Crippen LogP contribution >= 0.6 is 11.6 Å². The quantitative estimate of drug-likeness (QED) is 0.873. The highest BCUT2D eigenvalue weighted by Gasteiger charge is 2.21. The lowest BCUT2D eigenvalue weighted by atomic mass is 9.99. The van der Waals surface area contributed by atoms with Crippen molar-refractivity contribution in [1.82, 2.24) is 5.32 Å². The molecule has 1 aliphatic rings. The Balaban J connectivity index is 2.01. The Bertz CT molecular complexity index is 638. The zero-order valence-corrected chi connectivity index (χ0v) is 11.6. The van der Waals surface area contributed by atoms with E-state index in [1.165, 1.54) is 18.9 Å². The van der Waals surface area contributed by atoms with Crippen molar-refractivity contribution in [2.75, 3.05) is 0 Å². The monoisotopic (exact) mass is 293 g/mol. The van der Waals surface area contributed by atoms with Crippen molar-refractivity contribution in [2.45, 2.75) is 25.4 Å². The summed E-state index contributed by atoms with van der Waals surface area (Å²) in [4.78, 5) is 0. The molecule has 0 spiro atoms. The molecule has 1 nitrogen and oxygen atoms in total. The summed E-state index contributed by atoms with van der Waals surface area (Å²) >= 11 is 6.00. The molecule has 0 aliphatic heterocycles. The van der Waals surface area contributed by atoms with Crippen LogP contribution in [0.5, 0.6) is 0 Å². The van der Waals surface area contributed by atoms with Crippen LogP contribution in [0.15, 0.2) is 36.4 Å². The SMILES string of the molecule is Fc1cccc(-c2cc(Cl)ccc2CNC2CC2)c1F. The molecule has 0 atom stereocenters. The summed E-state index contributed by atoms with van der Waals surface area (Å²) in [7, 11) is 0. The van der Waals surface area contributed by atoms with E-state index in [2.05, 4.69) is 5.32 Å². The van der Waals surface area contributed by atoms with Gasteiger partial charge in [-0.05, 0) is 42.2 Å². The Morgan fingerprint density at radius 2 is 1.90 bits per heavy atom. The molecular formula is C16H14ClF2N. The highest BCUT2D eigenvalue weighted by Crippen LogP contribution is 2.31. The van der Waals surface area contributed by atoms with Crippen LogP contribution in [0.4, 0.5) is 8.78 Å². The minimum absolute atomic E-state index is 0.250. The lowest BCUT2D eigenvalue weighted by Crippen LogP contribution is -2.16. The number of hydrogen-bond acceptors (Lipinski definition) is 1. The van der Waals surface area contributed by atoms with E-state index in [0.29, 0.717) is 23.2 Å². The van der Waals surface area contributed by atoms with Crippen molar-refractivity contribution >= 4 is 11.6 Å². The van der Waals surface area contributed by atoms with Gasteiger partial charge in [-0.3, -0.25) is 0 Å². The van der Waals surface area contributed by atoms with Crippen molar-refractivity contribution in [3.05, 3.63) is 58.6 Å². The van der Waals surface area contributed by atoms with Gasteiger partial charge in [-0.2, -0.15) is 0 Å². The third-order valence-corrected chi connectivity index (χ3v) is 3.71. The number of nitrogens with one attached hydrogen (secondary N) is 1. The molecular weight excluding hydrogens is 280 g/mol. The van der Waals surface area contributed by atoms with E-state index in [1.54, 1.807) is 18.2 Å². The van der Waals surface area contributed by atoms with Gasteiger partial charge in [0.1, 0.15) is 0 Å². The van der Waals surface area contributed by atoms with Crippen molar-refractivity contribution in [3.8, 4) is 11.1 Å². The maximum atomic E-state index is 14.0. The van der Waals surface area contributed by atoms with Crippen LogP contribution in [0.2, 0.25) is 5.02 Å². The molecule has 20 heavy (non-hydrogen) atoms. The molecule has 4 heteroatoms. The second-order valence-electron chi connectivity index (χ2n) is 5.06. The Labute approximate surface area is 121 Å². The maximum absolute atomic E-state index is 14.0. The smallest absolute Gasteiger partial charge is 0.166 e. The minimum Gasteiger partial charge on any atom is -0.310 e. The largest absolute Gasteiger partial charge is 0.310 e. The number of halogens is 3. The van der Waals surface area contributed by atoms with Crippen LogP contribution in [0, 0.1) is 11.6 Å². The molecule has 0 radical (unpaired) electrons. The Morgan fingerprint density at radius 1 is 1.10 bits per heavy atom. The Morgan fingerprint density at radius 3 is 2.65 bits per heavy atom. The molecule has 1 fully saturated rings. The highest BCUT2D eigenvalue weighted by molar-refractivity contribution is 6.30. The van der Waals surface area contributed by atoms with Crippen LogP contribution in [0.25, 0.3) is 11.1 Å². The van der Waals surface area contributed by atoms with Gasteiger partial charge in [0.25, 0.3) is 0 Å². The lowest BCUT2D eigenvalue weighted by Gasteiger charge is -2.12. The first-order chi connectivity index (χ1) is 9.65. The van der Waals surface area contributed by atoms with Crippen molar-refractivity contribution in [2.24, 2.45) is 0 Å². The van der Waals surface area contributed by atoms with Gasteiger partial charge >= 0.3 is 0 Å². The van der Waals surface area contributed by atoms with Gasteiger partial charge in [0.05, 0.1) is 0 Å². The van der Waals surface area contributed by atoms with Gasteiger partial charge in [-0.1, -0.05) is 29.8 Å². The predicted molar refractivity (Wildman–Crippen MR) is 76.7 cm³/mol. The first-order valence-corrected chi connectivity index (χ1v) is 6.99. The van der Waals surface area contributed by atoms with E-state index in [0.717, 1.165) is 11.6 Å². The van der Waals surface area contributed by atoms with E-state index in [1.807, 2.05) is 6.07 Å². The summed E-state index contributed by atoms with van der Waals surface area (Å²) in [6.07, 6.45) is 2.36. The molecule has 0 amide bonds. The number of hydrogen-bond donors (Lipinski definition) is 1. The molecule has 0 aromatic heterocycles. The average molecular weight is 294 g/mol. The van der Waals surface area contributed by atoms with Crippen LogP contribution in [0.3, 0.4) is 0 Å². The van der Waals surface area contributed by atoms with E-state index < -0.39 is 11.6 Å². The molecule has 3 rings (SSSR count). The third kappa shape index (κ3) is 2.84. The lowest BCUT2D eigenvalue weighted by molar-refractivity contribution is 0.511. The molecule has 104 valence electrons. The van der Waals surface area contributed by atoms with Gasteiger partial charge < -0.3 is 5.32 Å². The maximum Gasteiger partial charge on any atom is 0.166 e. The first kappa shape index (κ1) is 13.5. The van der Waals surface area contributed by atoms with Crippen LogP contribution in [-0.4, -0.2) is 6.04 Å². The molecule has 2 aromatic carbocycles. The summed E-state index contributed by atoms with van der Waals surface area (Å²) in [6.45, 7) is 0.632. The van der Waals surface area contributed by atoms with Gasteiger partial charge in [-0.25, -0.2) is 8.78 Å². The fourth-order valence-corrected chi connectivity index (χ4v) is 2.38. The predicted octanol–water partition coefficient (Wildman–Crippen LogP) is 4.54. The summed E-state index contributed by atoms with van der Waals surface area (Å²) < 4.78 is 27.4. The molecule has 2 aromatic rings. The van der Waals surface area contributed by atoms with Crippen LogP contribution in [0.1, 0.15) is 18.4 Å². The van der Waals surface area contributed by atoms with Gasteiger partial charge in [0, 0.05) is 23.2 Å². The van der Waals surface area contributed by atoms with E-state index in [-0.39, 0.29) is 5.56 Å². The van der Waals surface area contributed by atoms with Gasteiger partial charge in [-0.15, -0.1) is 0 Å². The van der Waals surface area contributed by atoms with Gasteiger partial charge in [0.15, 0.2) is 11.6 Å². The fraction of sp³-hybridized carbons (Fsp3) is 0.250. The molecule has 0 heterocycles. The standard InChI is InChI=1S/C16H14ClF2N/c17-11-5-4-10(9-20-12-6-7-12)14(8-11)13-2-1-3-15(18)16(13)19/h1-5,8,12,20H,6-7,9H2. The second-order valence-corrected chi connectivity index (χ2v) is 5.49. The van der Waals surface area contributed by atoms with Crippen molar-refractivity contribution in [3.63, 3.8) is 0 Å². The summed E-state index contributed by atoms with van der Waals surface area (Å²) in [5, 5.41) is 3.89. The van der Waals surface area contributed by atoms with Gasteiger partial charge in [0.2, 0.25) is 0 Å². The molecule has 1 aliphatic carbocycles. The van der Waals surface area contributed by atoms with Crippen molar-refractivity contribution < 1.29 is 8.78 Å². The van der Waals surface area contributed by atoms with E-state index >= 15 is 0 Å². The van der Waals surface area contributed by atoms with Crippen LogP contribution in [-0.2, 0) is 6.54 Å². The van der Waals surface area contributed by atoms with E-state index in [4.69, 9.17) is 11.6 Å². The number of rotatable bonds is 4. The van der Waals surface area contributed by atoms with Crippen molar-refractivity contribution in [1.29, 1.82) is 0 Å². The third-order valence-electron chi connectivity index (χ3n) is 3.47. The molecule has 1 saturated carbocycles. The molecule has 1 N–H and O–H groups in total. The van der Waals surface area contributed by atoms with Crippen LogP contribution < -0.4 is 5.32 Å². The Kier molecular flexibility index (Phi) is 3.72. The topological polar surface area (TPSA) is 12.0 Å². The normalized spacial score (nSPS) is 14.6. The first-order valence-electron chi connectivity index (χ1n) is 6.61. The molecule has 0 saturated heterocycles. The number of benzene rings is 2.